The van der Waals surface area contributed by atoms with Crippen molar-refractivity contribution in [3.05, 3.63) is 23.8 Å². The molecule has 1 unspecified atom stereocenters. The van der Waals surface area contributed by atoms with Crippen molar-refractivity contribution in [3.63, 3.8) is 0 Å². The fourth-order valence-electron chi connectivity index (χ4n) is 2.42. The minimum Gasteiger partial charge on any atom is -0.493 e. The van der Waals surface area contributed by atoms with E-state index >= 15 is 0 Å². The highest BCUT2D eigenvalue weighted by molar-refractivity contribution is 5.46. The van der Waals surface area contributed by atoms with Crippen LogP contribution in [0.2, 0.25) is 0 Å². The number of rotatable bonds is 10. The van der Waals surface area contributed by atoms with Crippen LogP contribution in [-0.2, 0) is 6.54 Å². The maximum Gasteiger partial charge on any atom is 0.165 e. The average Bonchev–Trinajstić information content (AvgIpc) is 2.51. The van der Waals surface area contributed by atoms with Gasteiger partial charge in [0.15, 0.2) is 11.5 Å². The van der Waals surface area contributed by atoms with Crippen molar-refractivity contribution in [2.24, 2.45) is 5.92 Å². The summed E-state index contributed by atoms with van der Waals surface area (Å²) < 4.78 is 10.9. The van der Waals surface area contributed by atoms with Crippen LogP contribution in [0.15, 0.2) is 18.2 Å². The summed E-state index contributed by atoms with van der Waals surface area (Å²) in [6, 6.07) is 5.94. The van der Waals surface area contributed by atoms with Crippen LogP contribution < -0.4 is 9.47 Å². The van der Waals surface area contributed by atoms with Gasteiger partial charge in [-0.3, -0.25) is 4.90 Å². The van der Waals surface area contributed by atoms with Gasteiger partial charge in [-0.25, -0.2) is 0 Å². The average molecular weight is 309 g/mol. The minimum absolute atomic E-state index is 0.288. The van der Waals surface area contributed by atoms with Gasteiger partial charge in [0.1, 0.15) is 0 Å². The van der Waals surface area contributed by atoms with Gasteiger partial charge in [-0.2, -0.15) is 0 Å². The van der Waals surface area contributed by atoms with Crippen molar-refractivity contribution in [2.45, 2.75) is 46.3 Å². The van der Waals surface area contributed by atoms with Crippen LogP contribution in [-0.4, -0.2) is 43.4 Å². The molecule has 4 nitrogen and oxygen atoms in total. The number of hydrogen-bond donors (Lipinski definition) is 1. The predicted octanol–water partition coefficient (Wildman–Crippen LogP) is 3.32. The standard InChI is InChI=1S/C18H31NO3/c1-6-16(20)13-19(11-10-14(2)3)12-15-8-7-9-17(21-4)18(15)22-5/h7-9,14,16,20H,6,10-13H2,1-5H3. The van der Waals surface area contributed by atoms with E-state index in [1.165, 1.54) is 0 Å². The summed E-state index contributed by atoms with van der Waals surface area (Å²) in [4.78, 5) is 2.30. The van der Waals surface area contributed by atoms with Crippen LogP contribution in [0.1, 0.15) is 39.2 Å². The van der Waals surface area contributed by atoms with Crippen LogP contribution >= 0.6 is 0 Å². The Morgan fingerprint density at radius 1 is 1.18 bits per heavy atom. The molecule has 0 bridgehead atoms. The third kappa shape index (κ3) is 5.85. The first-order valence-corrected chi connectivity index (χ1v) is 8.12. The van der Waals surface area contributed by atoms with E-state index in [0.29, 0.717) is 12.5 Å². The highest BCUT2D eigenvalue weighted by Crippen LogP contribution is 2.31. The third-order valence-corrected chi connectivity index (χ3v) is 3.84. The lowest BCUT2D eigenvalue weighted by Crippen LogP contribution is -2.33. The lowest BCUT2D eigenvalue weighted by molar-refractivity contribution is 0.102. The van der Waals surface area contributed by atoms with Crippen molar-refractivity contribution in [2.75, 3.05) is 27.3 Å². The number of para-hydroxylation sites is 1. The van der Waals surface area contributed by atoms with E-state index in [4.69, 9.17) is 9.47 Å². The van der Waals surface area contributed by atoms with Crippen molar-refractivity contribution in [1.82, 2.24) is 4.90 Å². The normalized spacial score (nSPS) is 12.7. The summed E-state index contributed by atoms with van der Waals surface area (Å²) >= 11 is 0. The Morgan fingerprint density at radius 2 is 1.91 bits per heavy atom. The number of aliphatic hydroxyl groups excluding tert-OH is 1. The van der Waals surface area contributed by atoms with Gasteiger partial charge in [0.25, 0.3) is 0 Å². The summed E-state index contributed by atoms with van der Waals surface area (Å²) in [7, 11) is 3.32. The lowest BCUT2D eigenvalue weighted by atomic mass is 10.1. The predicted molar refractivity (Wildman–Crippen MR) is 90.6 cm³/mol. The largest absolute Gasteiger partial charge is 0.493 e. The molecule has 1 N–H and O–H groups in total. The topological polar surface area (TPSA) is 41.9 Å². The van der Waals surface area contributed by atoms with Gasteiger partial charge < -0.3 is 14.6 Å². The summed E-state index contributed by atoms with van der Waals surface area (Å²) in [5.74, 6) is 2.18. The second kappa shape index (κ2) is 9.70. The Kier molecular flexibility index (Phi) is 8.28. The molecule has 1 rings (SSSR count). The highest BCUT2D eigenvalue weighted by atomic mass is 16.5. The van der Waals surface area contributed by atoms with Gasteiger partial charge in [-0.1, -0.05) is 32.9 Å². The molecule has 0 aromatic heterocycles. The first-order chi connectivity index (χ1) is 10.5. The zero-order chi connectivity index (χ0) is 16.5. The monoisotopic (exact) mass is 309 g/mol. The maximum absolute atomic E-state index is 10.0. The van der Waals surface area contributed by atoms with Crippen molar-refractivity contribution >= 4 is 0 Å². The molecule has 0 heterocycles. The summed E-state index contributed by atoms with van der Waals surface area (Å²) in [5.41, 5.74) is 1.09. The minimum atomic E-state index is -0.288. The summed E-state index contributed by atoms with van der Waals surface area (Å²) in [5, 5.41) is 10.0. The molecule has 0 aliphatic carbocycles. The van der Waals surface area contributed by atoms with E-state index < -0.39 is 0 Å². The number of ether oxygens (including phenoxy) is 2. The van der Waals surface area contributed by atoms with Crippen molar-refractivity contribution in [1.29, 1.82) is 0 Å². The first kappa shape index (κ1) is 18.8. The Balaban J connectivity index is 2.87. The molecule has 0 aliphatic heterocycles. The molecule has 1 aromatic rings. The van der Waals surface area contributed by atoms with Gasteiger partial charge in [0.05, 0.1) is 20.3 Å². The molecule has 0 saturated carbocycles. The van der Waals surface area contributed by atoms with E-state index in [1.807, 2.05) is 19.1 Å². The van der Waals surface area contributed by atoms with E-state index in [2.05, 4.69) is 24.8 Å². The molecule has 1 atom stereocenters. The van der Waals surface area contributed by atoms with E-state index in [0.717, 1.165) is 43.0 Å². The van der Waals surface area contributed by atoms with Crippen molar-refractivity contribution in [3.8, 4) is 11.5 Å². The highest BCUT2D eigenvalue weighted by Gasteiger charge is 2.16. The van der Waals surface area contributed by atoms with Gasteiger partial charge in [0, 0.05) is 18.7 Å². The SMILES string of the molecule is CCC(O)CN(CCC(C)C)Cc1cccc(OC)c1OC. The molecule has 0 amide bonds. The number of methoxy groups -OCH3 is 2. The van der Waals surface area contributed by atoms with Gasteiger partial charge in [0.2, 0.25) is 0 Å². The zero-order valence-corrected chi connectivity index (χ0v) is 14.6. The zero-order valence-electron chi connectivity index (χ0n) is 14.6. The Morgan fingerprint density at radius 3 is 2.45 bits per heavy atom. The van der Waals surface area contributed by atoms with Crippen LogP contribution in [0.4, 0.5) is 0 Å². The number of benzene rings is 1. The van der Waals surface area contributed by atoms with Gasteiger partial charge in [-0.15, -0.1) is 0 Å². The van der Waals surface area contributed by atoms with Gasteiger partial charge in [-0.05, 0) is 31.4 Å². The smallest absolute Gasteiger partial charge is 0.165 e. The molecule has 0 fully saturated rings. The molecule has 22 heavy (non-hydrogen) atoms. The molecule has 126 valence electrons. The number of nitrogens with zero attached hydrogens (tertiary/aromatic N) is 1. The van der Waals surface area contributed by atoms with E-state index in [9.17, 15) is 5.11 Å². The second-order valence-corrected chi connectivity index (χ2v) is 6.13. The van der Waals surface area contributed by atoms with E-state index in [-0.39, 0.29) is 6.10 Å². The van der Waals surface area contributed by atoms with Crippen LogP contribution in [0, 0.1) is 5.92 Å². The fourth-order valence-corrected chi connectivity index (χ4v) is 2.42. The Labute approximate surface area is 135 Å². The molecule has 0 radical (unpaired) electrons. The number of hydrogen-bond acceptors (Lipinski definition) is 4. The fraction of sp³-hybridized carbons (Fsp3) is 0.667. The van der Waals surface area contributed by atoms with Crippen LogP contribution in [0.5, 0.6) is 11.5 Å². The molecular weight excluding hydrogens is 278 g/mol. The van der Waals surface area contributed by atoms with Crippen molar-refractivity contribution < 1.29 is 14.6 Å². The van der Waals surface area contributed by atoms with E-state index in [1.54, 1.807) is 14.2 Å². The Bertz CT molecular complexity index is 434. The van der Waals surface area contributed by atoms with Gasteiger partial charge >= 0.3 is 0 Å². The molecule has 4 heteroatoms. The first-order valence-electron chi connectivity index (χ1n) is 8.12. The lowest BCUT2D eigenvalue weighted by Gasteiger charge is -2.26. The molecular formula is C18H31NO3. The quantitative estimate of drug-likeness (QED) is 0.720. The van der Waals surface area contributed by atoms with Crippen LogP contribution in [0.25, 0.3) is 0 Å². The molecule has 1 aromatic carbocycles. The third-order valence-electron chi connectivity index (χ3n) is 3.84. The second-order valence-electron chi connectivity index (χ2n) is 6.13. The molecule has 0 saturated heterocycles. The maximum atomic E-state index is 10.0. The molecule has 0 spiro atoms. The summed E-state index contributed by atoms with van der Waals surface area (Å²) in [6.07, 6.45) is 1.60. The van der Waals surface area contributed by atoms with Crippen LogP contribution in [0.3, 0.4) is 0 Å². The number of aliphatic hydroxyl groups is 1. The Hall–Kier alpha value is -1.26. The molecule has 0 aliphatic rings. The summed E-state index contributed by atoms with van der Waals surface area (Å²) in [6.45, 7) is 8.86.